The van der Waals surface area contributed by atoms with Crippen molar-refractivity contribution in [2.45, 2.75) is 33.4 Å². The molecule has 0 aliphatic rings. The lowest BCUT2D eigenvalue weighted by molar-refractivity contribution is 0.456. The fraction of sp³-hybridized carbons (Fsp3) is 0.462. The summed E-state index contributed by atoms with van der Waals surface area (Å²) in [5.41, 5.74) is 1.23. The summed E-state index contributed by atoms with van der Waals surface area (Å²) in [5.74, 6) is 1.93. The molecule has 4 nitrogen and oxygen atoms in total. The summed E-state index contributed by atoms with van der Waals surface area (Å²) in [6, 6.07) is 2.10. The monoisotopic (exact) mass is 311 g/mol. The van der Waals surface area contributed by atoms with Crippen molar-refractivity contribution in [1.29, 1.82) is 0 Å². The van der Waals surface area contributed by atoms with Gasteiger partial charge in [0.2, 0.25) is 0 Å². The SMILES string of the molecule is CCCNCc1cc(Cn2cc(Br)cn2)oc1C. The van der Waals surface area contributed by atoms with Gasteiger partial charge in [0.05, 0.1) is 17.2 Å². The molecular formula is C13H18BrN3O. The third-order valence-corrected chi connectivity index (χ3v) is 3.14. The van der Waals surface area contributed by atoms with Crippen molar-refractivity contribution < 1.29 is 4.42 Å². The Kier molecular flexibility index (Phi) is 4.60. The highest BCUT2D eigenvalue weighted by Crippen LogP contribution is 2.16. The Hall–Kier alpha value is -1.07. The largest absolute Gasteiger partial charge is 0.464 e. The Labute approximate surface area is 115 Å². The lowest BCUT2D eigenvalue weighted by Crippen LogP contribution is -2.13. The first-order chi connectivity index (χ1) is 8.69. The molecule has 2 heterocycles. The normalized spacial score (nSPS) is 11.1. The van der Waals surface area contributed by atoms with E-state index in [0.717, 1.165) is 35.5 Å². The van der Waals surface area contributed by atoms with Crippen molar-refractivity contribution >= 4 is 15.9 Å². The van der Waals surface area contributed by atoms with E-state index in [1.54, 1.807) is 6.20 Å². The van der Waals surface area contributed by atoms with Crippen molar-refractivity contribution in [3.8, 4) is 0 Å². The number of hydrogen-bond donors (Lipinski definition) is 1. The molecule has 0 bridgehead atoms. The van der Waals surface area contributed by atoms with Crippen LogP contribution >= 0.6 is 15.9 Å². The molecule has 5 heteroatoms. The Morgan fingerprint density at radius 1 is 1.50 bits per heavy atom. The van der Waals surface area contributed by atoms with Crippen LogP contribution in [0.4, 0.5) is 0 Å². The zero-order chi connectivity index (χ0) is 13.0. The molecule has 0 aliphatic carbocycles. The highest BCUT2D eigenvalue weighted by atomic mass is 79.9. The molecule has 0 spiro atoms. The van der Waals surface area contributed by atoms with E-state index in [0.29, 0.717) is 6.54 Å². The first-order valence-corrected chi connectivity index (χ1v) is 6.95. The topological polar surface area (TPSA) is 43.0 Å². The molecule has 0 aromatic carbocycles. The number of nitrogens with one attached hydrogen (secondary N) is 1. The van der Waals surface area contributed by atoms with Crippen LogP contribution in [-0.4, -0.2) is 16.3 Å². The Morgan fingerprint density at radius 2 is 2.33 bits per heavy atom. The minimum Gasteiger partial charge on any atom is -0.464 e. The van der Waals surface area contributed by atoms with E-state index in [9.17, 15) is 0 Å². The van der Waals surface area contributed by atoms with Crippen molar-refractivity contribution in [2.75, 3.05) is 6.54 Å². The van der Waals surface area contributed by atoms with Crippen LogP contribution in [0.3, 0.4) is 0 Å². The molecule has 0 saturated carbocycles. The minimum atomic E-state index is 0.667. The van der Waals surface area contributed by atoms with Gasteiger partial charge in [-0.2, -0.15) is 5.10 Å². The minimum absolute atomic E-state index is 0.667. The van der Waals surface area contributed by atoms with Crippen LogP contribution < -0.4 is 5.32 Å². The third kappa shape index (κ3) is 3.46. The highest BCUT2D eigenvalue weighted by Gasteiger charge is 2.08. The summed E-state index contributed by atoms with van der Waals surface area (Å²) in [5, 5.41) is 7.60. The van der Waals surface area contributed by atoms with Gasteiger partial charge in [0.1, 0.15) is 11.5 Å². The van der Waals surface area contributed by atoms with Gasteiger partial charge in [0.25, 0.3) is 0 Å². The van der Waals surface area contributed by atoms with E-state index in [-0.39, 0.29) is 0 Å². The van der Waals surface area contributed by atoms with Gasteiger partial charge in [-0.05, 0) is 41.9 Å². The summed E-state index contributed by atoms with van der Waals surface area (Å²) >= 11 is 3.38. The standard InChI is InChI=1S/C13H18BrN3O/c1-3-4-15-6-11-5-13(18-10(11)2)9-17-8-12(14)7-16-17/h5,7-8,15H,3-4,6,9H2,1-2H3. The molecule has 0 saturated heterocycles. The maximum absolute atomic E-state index is 5.74. The molecule has 0 fully saturated rings. The van der Waals surface area contributed by atoms with Gasteiger partial charge in [0.15, 0.2) is 0 Å². The van der Waals surface area contributed by atoms with E-state index in [1.165, 1.54) is 5.56 Å². The maximum atomic E-state index is 5.74. The molecule has 2 rings (SSSR count). The first-order valence-electron chi connectivity index (χ1n) is 6.16. The molecule has 2 aromatic heterocycles. The summed E-state index contributed by atoms with van der Waals surface area (Å²) < 4.78 is 8.58. The average Bonchev–Trinajstić information content (AvgIpc) is 2.87. The predicted molar refractivity (Wildman–Crippen MR) is 74.5 cm³/mol. The van der Waals surface area contributed by atoms with E-state index in [1.807, 2.05) is 17.8 Å². The van der Waals surface area contributed by atoms with E-state index in [4.69, 9.17) is 4.42 Å². The molecule has 0 amide bonds. The number of rotatable bonds is 6. The van der Waals surface area contributed by atoms with Crippen molar-refractivity contribution in [3.63, 3.8) is 0 Å². The van der Waals surface area contributed by atoms with Crippen molar-refractivity contribution in [3.05, 3.63) is 40.0 Å². The first kappa shape index (κ1) is 13.4. The van der Waals surface area contributed by atoms with Crippen LogP contribution in [0.25, 0.3) is 0 Å². The summed E-state index contributed by atoms with van der Waals surface area (Å²) in [4.78, 5) is 0. The molecule has 18 heavy (non-hydrogen) atoms. The second-order valence-electron chi connectivity index (χ2n) is 4.33. The van der Waals surface area contributed by atoms with Gasteiger partial charge in [-0.3, -0.25) is 4.68 Å². The number of hydrogen-bond acceptors (Lipinski definition) is 3. The van der Waals surface area contributed by atoms with E-state index in [2.05, 4.69) is 39.3 Å². The van der Waals surface area contributed by atoms with Crippen LogP contribution in [0, 0.1) is 6.92 Å². The zero-order valence-electron chi connectivity index (χ0n) is 10.7. The molecule has 0 unspecified atom stereocenters. The maximum Gasteiger partial charge on any atom is 0.125 e. The van der Waals surface area contributed by atoms with E-state index < -0.39 is 0 Å². The van der Waals surface area contributed by atoms with Crippen LogP contribution in [-0.2, 0) is 13.1 Å². The van der Waals surface area contributed by atoms with Gasteiger partial charge in [-0.15, -0.1) is 0 Å². The number of aromatic nitrogens is 2. The predicted octanol–water partition coefficient (Wildman–Crippen LogP) is 3.09. The lowest BCUT2D eigenvalue weighted by atomic mass is 10.2. The van der Waals surface area contributed by atoms with Gasteiger partial charge in [0, 0.05) is 18.3 Å². The zero-order valence-corrected chi connectivity index (χ0v) is 12.3. The fourth-order valence-corrected chi connectivity index (χ4v) is 2.15. The summed E-state index contributed by atoms with van der Waals surface area (Å²) in [6.07, 6.45) is 4.86. The van der Waals surface area contributed by atoms with Crippen molar-refractivity contribution in [2.24, 2.45) is 0 Å². The molecule has 0 atom stereocenters. The quantitative estimate of drug-likeness (QED) is 0.834. The van der Waals surface area contributed by atoms with Gasteiger partial charge in [-0.1, -0.05) is 6.92 Å². The van der Waals surface area contributed by atoms with Crippen molar-refractivity contribution in [1.82, 2.24) is 15.1 Å². The molecule has 98 valence electrons. The second-order valence-corrected chi connectivity index (χ2v) is 5.24. The Balaban J connectivity index is 1.99. The lowest BCUT2D eigenvalue weighted by Gasteiger charge is -1.99. The number of furan rings is 1. The van der Waals surface area contributed by atoms with Crippen LogP contribution in [0.5, 0.6) is 0 Å². The van der Waals surface area contributed by atoms with Gasteiger partial charge >= 0.3 is 0 Å². The Bertz CT molecular complexity index is 504. The van der Waals surface area contributed by atoms with Crippen LogP contribution in [0.15, 0.2) is 27.3 Å². The molecule has 2 aromatic rings. The molecule has 0 aliphatic heterocycles. The molecular weight excluding hydrogens is 294 g/mol. The summed E-state index contributed by atoms with van der Waals surface area (Å²) in [6.45, 7) is 6.74. The van der Waals surface area contributed by atoms with Gasteiger partial charge < -0.3 is 9.73 Å². The average molecular weight is 312 g/mol. The Morgan fingerprint density at radius 3 is 3.00 bits per heavy atom. The smallest absolute Gasteiger partial charge is 0.125 e. The van der Waals surface area contributed by atoms with E-state index >= 15 is 0 Å². The summed E-state index contributed by atoms with van der Waals surface area (Å²) in [7, 11) is 0. The number of nitrogens with zero attached hydrogens (tertiary/aromatic N) is 2. The third-order valence-electron chi connectivity index (χ3n) is 2.73. The van der Waals surface area contributed by atoms with Crippen LogP contribution in [0.1, 0.15) is 30.4 Å². The highest BCUT2D eigenvalue weighted by molar-refractivity contribution is 9.10. The molecule has 0 radical (unpaired) electrons. The molecule has 1 N–H and O–H groups in total. The number of halogens is 1. The van der Waals surface area contributed by atoms with Crippen LogP contribution in [0.2, 0.25) is 0 Å². The fourth-order valence-electron chi connectivity index (χ4n) is 1.83. The number of aryl methyl sites for hydroxylation is 1. The second kappa shape index (κ2) is 6.20. The van der Waals surface area contributed by atoms with Gasteiger partial charge in [-0.25, -0.2) is 0 Å².